The topological polar surface area (TPSA) is 116 Å². The summed E-state index contributed by atoms with van der Waals surface area (Å²) in [5, 5.41) is 9.80. The van der Waals surface area contributed by atoms with Crippen LogP contribution in [0.15, 0.2) is 54.7 Å². The molecule has 248 valence electrons. The average molecular weight is 661 g/mol. The van der Waals surface area contributed by atoms with Gasteiger partial charge >= 0.3 is 0 Å². The SMILES string of the molecule is O=C(NC[C@H]1C[C@@H](NC(=O)[C@@H]2C[C@H](F)CN2)CN1C(=O)C1CC1)c1ccc(-c2ncc(-c3ccc(CN4CCOCC4)cc3)s2)cc1. The summed E-state index contributed by atoms with van der Waals surface area (Å²) in [4.78, 5) is 48.8. The van der Waals surface area contributed by atoms with Gasteiger partial charge in [0.05, 0.1) is 30.2 Å². The number of aromatic nitrogens is 1. The number of carbonyl (C=O) groups excluding carboxylic acids is 3. The van der Waals surface area contributed by atoms with Gasteiger partial charge in [-0.25, -0.2) is 9.37 Å². The molecule has 10 nitrogen and oxygen atoms in total. The lowest BCUT2D eigenvalue weighted by Gasteiger charge is -2.26. The number of hydrogen-bond donors (Lipinski definition) is 3. The Kier molecular flexibility index (Phi) is 9.62. The summed E-state index contributed by atoms with van der Waals surface area (Å²) in [5.74, 6) is -0.336. The molecule has 3 amide bonds. The minimum absolute atomic E-state index is 0.0325. The fraction of sp³-hybridized carbons (Fsp3) is 0.486. The molecule has 4 heterocycles. The number of likely N-dealkylation sites (tertiary alicyclic amines) is 1. The van der Waals surface area contributed by atoms with Crippen LogP contribution in [0.25, 0.3) is 21.0 Å². The molecule has 2 aromatic carbocycles. The summed E-state index contributed by atoms with van der Waals surface area (Å²) < 4.78 is 19.0. The highest BCUT2D eigenvalue weighted by atomic mass is 32.1. The highest BCUT2D eigenvalue weighted by molar-refractivity contribution is 7.18. The number of thiazole rings is 1. The van der Waals surface area contributed by atoms with Crippen molar-refractivity contribution in [3.63, 3.8) is 0 Å². The zero-order valence-corrected chi connectivity index (χ0v) is 27.1. The molecule has 47 heavy (non-hydrogen) atoms. The highest BCUT2D eigenvalue weighted by Crippen LogP contribution is 2.34. The lowest BCUT2D eigenvalue weighted by molar-refractivity contribution is -0.133. The Labute approximate surface area is 278 Å². The standard InChI is InChI=1S/C35H41FN6O4S/c36-27-15-30(37-17-27)33(44)40-28-16-29(42(21-28)35(45)26-9-10-26)18-38-32(43)24-5-7-25(8-6-24)34-39-19-31(47-34)23-3-1-22(2-4-23)20-41-11-13-46-14-12-41/h1-8,19,26-30,37H,9-18,20-21H2,(H,38,43)(H,40,44)/t27-,28+,29+,30-/m0/s1. The molecule has 3 aliphatic heterocycles. The molecule has 1 saturated carbocycles. The van der Waals surface area contributed by atoms with E-state index in [4.69, 9.17) is 4.74 Å². The molecule has 3 saturated heterocycles. The third-order valence-electron chi connectivity index (χ3n) is 9.51. The van der Waals surface area contributed by atoms with E-state index < -0.39 is 12.2 Å². The molecule has 0 unspecified atom stereocenters. The number of morpholine rings is 1. The Morgan fingerprint density at radius 1 is 1.00 bits per heavy atom. The number of rotatable bonds is 10. The fourth-order valence-electron chi connectivity index (χ4n) is 6.65. The van der Waals surface area contributed by atoms with E-state index in [9.17, 15) is 18.8 Å². The second kappa shape index (κ2) is 14.2. The van der Waals surface area contributed by atoms with Crippen molar-refractivity contribution in [2.75, 3.05) is 45.9 Å². The zero-order valence-electron chi connectivity index (χ0n) is 26.3. The van der Waals surface area contributed by atoms with Crippen molar-refractivity contribution in [3.05, 3.63) is 65.9 Å². The summed E-state index contributed by atoms with van der Waals surface area (Å²) in [7, 11) is 0. The van der Waals surface area contributed by atoms with Gasteiger partial charge in [0.15, 0.2) is 0 Å². The first kappa shape index (κ1) is 31.9. The van der Waals surface area contributed by atoms with Crippen molar-refractivity contribution in [2.45, 2.75) is 56.5 Å². The van der Waals surface area contributed by atoms with Crippen LogP contribution in [0.4, 0.5) is 4.39 Å². The first-order valence-corrected chi connectivity index (χ1v) is 17.4. The molecule has 7 rings (SSSR count). The largest absolute Gasteiger partial charge is 0.379 e. The first-order chi connectivity index (χ1) is 22.9. The van der Waals surface area contributed by atoms with Crippen LogP contribution < -0.4 is 16.0 Å². The van der Waals surface area contributed by atoms with E-state index in [0.717, 1.165) is 66.7 Å². The summed E-state index contributed by atoms with van der Waals surface area (Å²) in [6.07, 6.45) is 3.33. The molecular formula is C35H41FN6O4S. The van der Waals surface area contributed by atoms with E-state index in [1.54, 1.807) is 23.5 Å². The Bertz CT molecular complexity index is 1570. The molecular weight excluding hydrogens is 619 g/mol. The van der Waals surface area contributed by atoms with Crippen molar-refractivity contribution in [3.8, 4) is 21.0 Å². The summed E-state index contributed by atoms with van der Waals surface area (Å²) >= 11 is 1.62. The smallest absolute Gasteiger partial charge is 0.251 e. The maximum Gasteiger partial charge on any atom is 0.251 e. The Morgan fingerprint density at radius 2 is 1.74 bits per heavy atom. The van der Waals surface area contributed by atoms with Crippen LogP contribution in [0.2, 0.25) is 0 Å². The van der Waals surface area contributed by atoms with Gasteiger partial charge in [0.1, 0.15) is 11.2 Å². The molecule has 4 atom stereocenters. The molecule has 4 fully saturated rings. The van der Waals surface area contributed by atoms with Gasteiger partial charge in [-0.2, -0.15) is 0 Å². The van der Waals surface area contributed by atoms with Crippen LogP contribution in [-0.4, -0.2) is 103 Å². The maximum absolute atomic E-state index is 13.6. The molecule has 1 aliphatic carbocycles. The molecule has 3 aromatic rings. The predicted molar refractivity (Wildman–Crippen MR) is 177 cm³/mol. The van der Waals surface area contributed by atoms with Crippen LogP contribution in [0.5, 0.6) is 0 Å². The lowest BCUT2D eigenvalue weighted by Crippen LogP contribution is -2.46. The quantitative estimate of drug-likeness (QED) is 0.306. The maximum atomic E-state index is 13.6. The number of hydrogen-bond acceptors (Lipinski definition) is 8. The van der Waals surface area contributed by atoms with E-state index in [0.29, 0.717) is 25.1 Å². The van der Waals surface area contributed by atoms with Gasteiger partial charge in [-0.1, -0.05) is 36.4 Å². The van der Waals surface area contributed by atoms with E-state index in [1.807, 2.05) is 23.2 Å². The summed E-state index contributed by atoms with van der Waals surface area (Å²) in [6.45, 7) is 5.31. The molecule has 0 bridgehead atoms. The number of amides is 3. The van der Waals surface area contributed by atoms with Crippen LogP contribution in [0.1, 0.15) is 41.6 Å². The highest BCUT2D eigenvalue weighted by Gasteiger charge is 2.42. The van der Waals surface area contributed by atoms with Gasteiger partial charge in [0.2, 0.25) is 11.8 Å². The number of benzene rings is 2. The number of carbonyl (C=O) groups is 3. The van der Waals surface area contributed by atoms with Gasteiger partial charge < -0.3 is 25.6 Å². The number of ether oxygens (including phenoxy) is 1. The van der Waals surface area contributed by atoms with Crippen molar-refractivity contribution >= 4 is 29.1 Å². The number of alkyl halides is 1. The van der Waals surface area contributed by atoms with Crippen molar-refractivity contribution < 1.29 is 23.5 Å². The normalized spacial score (nSPS) is 24.7. The third-order valence-corrected chi connectivity index (χ3v) is 10.6. The Morgan fingerprint density at radius 3 is 2.45 bits per heavy atom. The lowest BCUT2D eigenvalue weighted by atomic mass is 10.1. The van der Waals surface area contributed by atoms with Crippen molar-refractivity contribution in [2.24, 2.45) is 5.92 Å². The van der Waals surface area contributed by atoms with E-state index in [-0.39, 0.29) is 48.7 Å². The van der Waals surface area contributed by atoms with Gasteiger partial charge in [-0.05, 0) is 42.5 Å². The van der Waals surface area contributed by atoms with Gasteiger partial charge in [0.25, 0.3) is 5.91 Å². The number of nitrogens with one attached hydrogen (secondary N) is 3. The van der Waals surface area contributed by atoms with Crippen molar-refractivity contribution in [1.82, 2.24) is 30.7 Å². The average Bonchev–Trinajstić information content (AvgIpc) is 3.45. The second-order valence-electron chi connectivity index (χ2n) is 13.1. The first-order valence-electron chi connectivity index (χ1n) is 16.6. The Hall–Kier alpha value is -3.71. The Balaban J connectivity index is 0.932. The molecule has 3 N–H and O–H groups in total. The van der Waals surface area contributed by atoms with Gasteiger partial charge in [-0.15, -0.1) is 11.3 Å². The minimum Gasteiger partial charge on any atom is -0.379 e. The van der Waals surface area contributed by atoms with E-state index in [1.165, 1.54) is 5.56 Å². The third kappa shape index (κ3) is 7.72. The molecule has 12 heteroatoms. The second-order valence-corrected chi connectivity index (χ2v) is 14.1. The van der Waals surface area contributed by atoms with Crippen molar-refractivity contribution in [1.29, 1.82) is 0 Å². The van der Waals surface area contributed by atoms with Gasteiger partial charge in [-0.3, -0.25) is 19.3 Å². The predicted octanol–water partition coefficient (Wildman–Crippen LogP) is 3.23. The zero-order chi connectivity index (χ0) is 32.3. The summed E-state index contributed by atoms with van der Waals surface area (Å²) in [5.41, 5.74) is 3.87. The molecule has 0 spiro atoms. The molecule has 1 aromatic heterocycles. The summed E-state index contributed by atoms with van der Waals surface area (Å²) in [6, 6.07) is 15.1. The molecule has 4 aliphatic rings. The minimum atomic E-state index is -1.02. The van der Waals surface area contributed by atoms with Crippen LogP contribution in [0, 0.1) is 5.92 Å². The van der Waals surface area contributed by atoms with Crippen LogP contribution >= 0.6 is 11.3 Å². The molecule has 0 radical (unpaired) electrons. The van der Waals surface area contributed by atoms with E-state index >= 15 is 0 Å². The van der Waals surface area contributed by atoms with Gasteiger partial charge in [0, 0.05) is 75.0 Å². The number of nitrogens with zero attached hydrogens (tertiary/aromatic N) is 3. The van der Waals surface area contributed by atoms with Crippen LogP contribution in [0.3, 0.4) is 0 Å². The van der Waals surface area contributed by atoms with Crippen LogP contribution in [-0.2, 0) is 20.9 Å². The van der Waals surface area contributed by atoms with E-state index in [2.05, 4.69) is 50.1 Å². The fourth-order valence-corrected chi connectivity index (χ4v) is 7.58. The monoisotopic (exact) mass is 660 g/mol. The number of halogens is 1.